The highest BCUT2D eigenvalue weighted by molar-refractivity contribution is 5.79. The molecule has 2 heterocycles. The van der Waals surface area contributed by atoms with Gasteiger partial charge in [0.1, 0.15) is 0 Å². The zero-order valence-corrected chi connectivity index (χ0v) is 14.0. The summed E-state index contributed by atoms with van der Waals surface area (Å²) < 4.78 is 0. The lowest BCUT2D eigenvalue weighted by Gasteiger charge is -2.36. The molecule has 2 aliphatic heterocycles. The van der Waals surface area contributed by atoms with Crippen LogP contribution in [0, 0.1) is 16.0 Å². The van der Waals surface area contributed by atoms with Crippen molar-refractivity contribution < 1.29 is 9.72 Å². The fourth-order valence-electron chi connectivity index (χ4n) is 3.80. The molecule has 3 rings (SSSR count). The average Bonchev–Trinajstić information content (AvgIpc) is 2.62. The number of benzene rings is 1. The molecule has 1 aromatic carbocycles. The Hall–Kier alpha value is -1.95. The molecule has 0 bridgehead atoms. The molecular weight excluding hydrogens is 306 g/mol. The van der Waals surface area contributed by atoms with Crippen LogP contribution in [0.3, 0.4) is 0 Å². The normalized spacial score (nSPS) is 22.3. The van der Waals surface area contributed by atoms with Crippen LogP contribution in [0.2, 0.25) is 0 Å². The summed E-state index contributed by atoms with van der Waals surface area (Å²) in [4.78, 5) is 27.5. The quantitative estimate of drug-likeness (QED) is 0.628. The second-order valence-electron chi connectivity index (χ2n) is 6.89. The van der Waals surface area contributed by atoms with Crippen molar-refractivity contribution in [2.45, 2.75) is 38.6 Å². The Morgan fingerprint density at radius 1 is 1.17 bits per heavy atom. The standard InChI is InChI=1S/C18H25N3O3/c22-18(20-10-2-1-3-11-20)16-7-5-9-19(14-16)13-15-6-4-8-17(12-15)21(23)24/h4,6,8,12,16H,1-3,5,7,9-11,13-14H2/t16-/m0/s1. The summed E-state index contributed by atoms with van der Waals surface area (Å²) in [5.41, 5.74) is 1.07. The zero-order chi connectivity index (χ0) is 16.9. The van der Waals surface area contributed by atoms with E-state index in [4.69, 9.17) is 0 Å². The lowest BCUT2D eigenvalue weighted by Crippen LogP contribution is -2.46. The van der Waals surface area contributed by atoms with Crippen LogP contribution in [0.1, 0.15) is 37.7 Å². The van der Waals surface area contributed by atoms with Crippen molar-refractivity contribution >= 4 is 11.6 Å². The largest absolute Gasteiger partial charge is 0.342 e. The van der Waals surface area contributed by atoms with E-state index in [1.54, 1.807) is 12.1 Å². The molecule has 6 heteroatoms. The summed E-state index contributed by atoms with van der Waals surface area (Å²) in [6, 6.07) is 6.80. The van der Waals surface area contributed by atoms with Crippen molar-refractivity contribution in [3.05, 3.63) is 39.9 Å². The van der Waals surface area contributed by atoms with Crippen molar-refractivity contribution in [2.75, 3.05) is 26.2 Å². The van der Waals surface area contributed by atoms with E-state index in [0.717, 1.165) is 57.4 Å². The number of amides is 1. The number of non-ortho nitro benzene ring substituents is 1. The highest BCUT2D eigenvalue weighted by Crippen LogP contribution is 2.23. The van der Waals surface area contributed by atoms with Gasteiger partial charge in [-0.2, -0.15) is 0 Å². The molecule has 1 amide bonds. The summed E-state index contributed by atoms with van der Waals surface area (Å²) in [7, 11) is 0. The Kier molecular flexibility index (Phi) is 5.45. The fraction of sp³-hybridized carbons (Fsp3) is 0.611. The van der Waals surface area contributed by atoms with E-state index >= 15 is 0 Å². The van der Waals surface area contributed by atoms with E-state index in [0.29, 0.717) is 12.5 Å². The van der Waals surface area contributed by atoms with Gasteiger partial charge in [-0.15, -0.1) is 0 Å². The smallest absolute Gasteiger partial charge is 0.269 e. The van der Waals surface area contributed by atoms with Crippen LogP contribution in [-0.2, 0) is 11.3 Å². The second kappa shape index (κ2) is 7.75. The maximum absolute atomic E-state index is 12.7. The van der Waals surface area contributed by atoms with Gasteiger partial charge in [-0.05, 0) is 44.2 Å². The number of piperidine rings is 2. The first-order valence-corrected chi connectivity index (χ1v) is 8.88. The first-order valence-electron chi connectivity index (χ1n) is 8.88. The third-order valence-electron chi connectivity index (χ3n) is 5.05. The number of hydrogen-bond acceptors (Lipinski definition) is 4. The first kappa shape index (κ1) is 16.9. The van der Waals surface area contributed by atoms with Gasteiger partial charge in [0.05, 0.1) is 10.8 Å². The Labute approximate surface area is 142 Å². The van der Waals surface area contributed by atoms with Crippen LogP contribution in [0.4, 0.5) is 5.69 Å². The molecule has 24 heavy (non-hydrogen) atoms. The summed E-state index contributed by atoms with van der Waals surface area (Å²) in [6.07, 6.45) is 5.44. The van der Waals surface area contributed by atoms with Gasteiger partial charge in [0.15, 0.2) is 0 Å². The van der Waals surface area contributed by atoms with Crippen LogP contribution in [0.25, 0.3) is 0 Å². The van der Waals surface area contributed by atoms with Crippen molar-refractivity contribution in [3.8, 4) is 0 Å². The van der Waals surface area contributed by atoms with E-state index in [9.17, 15) is 14.9 Å². The monoisotopic (exact) mass is 331 g/mol. The molecule has 0 N–H and O–H groups in total. The van der Waals surface area contributed by atoms with Crippen LogP contribution in [0.5, 0.6) is 0 Å². The third kappa shape index (κ3) is 4.12. The first-order chi connectivity index (χ1) is 11.6. The summed E-state index contributed by atoms with van der Waals surface area (Å²) in [5, 5.41) is 10.9. The van der Waals surface area contributed by atoms with E-state index in [1.807, 2.05) is 11.0 Å². The molecule has 0 aromatic heterocycles. The minimum absolute atomic E-state index is 0.0792. The predicted molar refractivity (Wildman–Crippen MR) is 91.5 cm³/mol. The van der Waals surface area contributed by atoms with Crippen molar-refractivity contribution in [1.82, 2.24) is 9.80 Å². The van der Waals surface area contributed by atoms with Crippen molar-refractivity contribution in [2.24, 2.45) is 5.92 Å². The van der Waals surface area contributed by atoms with Gasteiger partial charge in [0.25, 0.3) is 5.69 Å². The van der Waals surface area contributed by atoms with Gasteiger partial charge in [-0.25, -0.2) is 0 Å². The minimum Gasteiger partial charge on any atom is -0.342 e. The SMILES string of the molecule is O=C([C@H]1CCCN(Cc2cccc([N+](=O)[O-])c2)C1)N1CCCCC1. The summed E-state index contributed by atoms with van der Waals surface area (Å²) >= 11 is 0. The number of nitro benzene ring substituents is 1. The van der Waals surface area contributed by atoms with E-state index in [-0.39, 0.29) is 16.5 Å². The highest BCUT2D eigenvalue weighted by Gasteiger charge is 2.29. The average molecular weight is 331 g/mol. The topological polar surface area (TPSA) is 66.7 Å². The van der Waals surface area contributed by atoms with Gasteiger partial charge in [-0.1, -0.05) is 12.1 Å². The number of nitro groups is 1. The molecular formula is C18H25N3O3. The number of hydrogen-bond donors (Lipinski definition) is 0. The summed E-state index contributed by atoms with van der Waals surface area (Å²) in [5.74, 6) is 0.383. The molecule has 0 radical (unpaired) electrons. The molecule has 0 aliphatic carbocycles. The molecule has 6 nitrogen and oxygen atoms in total. The Balaban J connectivity index is 1.60. The number of nitrogens with zero attached hydrogens (tertiary/aromatic N) is 3. The van der Waals surface area contributed by atoms with Crippen molar-refractivity contribution in [3.63, 3.8) is 0 Å². The lowest BCUT2D eigenvalue weighted by molar-refractivity contribution is -0.384. The van der Waals surface area contributed by atoms with E-state index in [1.165, 1.54) is 12.5 Å². The molecule has 2 saturated heterocycles. The van der Waals surface area contributed by atoms with E-state index in [2.05, 4.69) is 4.90 Å². The minimum atomic E-state index is -0.359. The number of carbonyl (C=O) groups excluding carboxylic acids is 1. The number of rotatable bonds is 4. The number of carbonyl (C=O) groups is 1. The highest BCUT2D eigenvalue weighted by atomic mass is 16.6. The maximum Gasteiger partial charge on any atom is 0.269 e. The van der Waals surface area contributed by atoms with Gasteiger partial charge < -0.3 is 4.90 Å². The second-order valence-corrected chi connectivity index (χ2v) is 6.89. The van der Waals surface area contributed by atoms with Gasteiger partial charge in [-0.3, -0.25) is 19.8 Å². The molecule has 1 atom stereocenters. The zero-order valence-electron chi connectivity index (χ0n) is 14.0. The molecule has 2 fully saturated rings. The maximum atomic E-state index is 12.7. The van der Waals surface area contributed by atoms with Crippen LogP contribution >= 0.6 is 0 Å². The Morgan fingerprint density at radius 3 is 2.71 bits per heavy atom. The molecule has 0 saturated carbocycles. The van der Waals surface area contributed by atoms with Gasteiger partial charge in [0.2, 0.25) is 5.91 Å². The Morgan fingerprint density at radius 2 is 1.96 bits per heavy atom. The molecule has 2 aliphatic rings. The molecule has 0 unspecified atom stereocenters. The third-order valence-corrected chi connectivity index (χ3v) is 5.05. The predicted octanol–water partition coefficient (Wildman–Crippen LogP) is 2.82. The van der Waals surface area contributed by atoms with Crippen LogP contribution < -0.4 is 0 Å². The van der Waals surface area contributed by atoms with E-state index < -0.39 is 0 Å². The fourth-order valence-corrected chi connectivity index (χ4v) is 3.80. The lowest BCUT2D eigenvalue weighted by atomic mass is 9.95. The van der Waals surface area contributed by atoms with Gasteiger partial charge >= 0.3 is 0 Å². The van der Waals surface area contributed by atoms with Gasteiger partial charge in [0, 0.05) is 38.3 Å². The summed E-state index contributed by atoms with van der Waals surface area (Å²) in [6.45, 7) is 4.19. The Bertz CT molecular complexity index is 599. The number of likely N-dealkylation sites (tertiary alicyclic amines) is 2. The molecule has 0 spiro atoms. The molecule has 130 valence electrons. The van der Waals surface area contributed by atoms with Crippen LogP contribution in [-0.4, -0.2) is 46.8 Å². The van der Waals surface area contributed by atoms with Crippen LogP contribution in [0.15, 0.2) is 24.3 Å². The molecule has 1 aromatic rings. The van der Waals surface area contributed by atoms with Crippen molar-refractivity contribution in [1.29, 1.82) is 0 Å².